The fraction of sp³-hybridized carbons (Fsp3) is 0.348. The zero-order chi connectivity index (χ0) is 21.8. The molecule has 1 aliphatic heterocycles. The molecular weight excluding hydrogens is 412 g/mol. The van der Waals surface area contributed by atoms with Crippen molar-refractivity contribution in [2.75, 3.05) is 24.8 Å². The summed E-state index contributed by atoms with van der Waals surface area (Å²) in [6.07, 6.45) is 3.71. The van der Waals surface area contributed by atoms with Crippen LogP contribution in [0.25, 0.3) is 5.82 Å². The molecule has 0 fully saturated rings. The van der Waals surface area contributed by atoms with Crippen molar-refractivity contribution in [2.24, 2.45) is 0 Å². The Morgan fingerprint density at radius 2 is 2.13 bits per heavy atom. The Bertz CT molecular complexity index is 1070. The molecule has 0 aliphatic carbocycles. The van der Waals surface area contributed by atoms with Gasteiger partial charge in [-0.05, 0) is 31.5 Å². The molecule has 1 aromatic carbocycles. The number of aromatic nitrogens is 3. The van der Waals surface area contributed by atoms with Gasteiger partial charge in [0.2, 0.25) is 5.91 Å². The first-order valence-electron chi connectivity index (χ1n) is 10.4. The van der Waals surface area contributed by atoms with Crippen molar-refractivity contribution in [3.8, 4) is 17.3 Å². The molecule has 1 aliphatic rings. The number of fused-ring (bicyclic) bond motifs is 1. The second kappa shape index (κ2) is 9.43. The average molecular weight is 439 g/mol. The van der Waals surface area contributed by atoms with Crippen molar-refractivity contribution >= 4 is 23.5 Å². The number of ether oxygens (including phenoxy) is 2. The van der Waals surface area contributed by atoms with E-state index in [0.717, 1.165) is 35.4 Å². The number of methoxy groups -OCH3 is 1. The molecule has 0 spiro atoms. The van der Waals surface area contributed by atoms with Crippen LogP contribution in [0.2, 0.25) is 0 Å². The third-order valence-corrected chi connectivity index (χ3v) is 6.38. The van der Waals surface area contributed by atoms with Crippen LogP contribution in [0.5, 0.6) is 11.5 Å². The highest BCUT2D eigenvalue weighted by Gasteiger charge is 2.33. The van der Waals surface area contributed by atoms with Gasteiger partial charge in [-0.2, -0.15) is 9.78 Å². The number of nitrogens with one attached hydrogen (secondary N) is 1. The van der Waals surface area contributed by atoms with E-state index in [0.29, 0.717) is 29.7 Å². The molecule has 7 nitrogen and oxygen atoms in total. The molecule has 0 radical (unpaired) electrons. The fourth-order valence-electron chi connectivity index (χ4n) is 3.65. The van der Waals surface area contributed by atoms with E-state index in [1.807, 2.05) is 43.3 Å². The maximum absolute atomic E-state index is 12.6. The van der Waals surface area contributed by atoms with E-state index in [4.69, 9.17) is 14.6 Å². The first-order valence-corrected chi connectivity index (χ1v) is 11.4. The van der Waals surface area contributed by atoms with E-state index in [-0.39, 0.29) is 11.2 Å². The second-order valence-electron chi connectivity index (χ2n) is 7.27. The lowest BCUT2D eigenvalue weighted by Gasteiger charge is -2.21. The van der Waals surface area contributed by atoms with Gasteiger partial charge in [0, 0.05) is 17.3 Å². The number of hydrogen-bond donors (Lipinski definition) is 1. The van der Waals surface area contributed by atoms with Crippen LogP contribution in [0.3, 0.4) is 0 Å². The lowest BCUT2D eigenvalue weighted by molar-refractivity contribution is -0.113. The van der Waals surface area contributed by atoms with Gasteiger partial charge in [0.1, 0.15) is 5.82 Å². The van der Waals surface area contributed by atoms with Crippen molar-refractivity contribution in [1.29, 1.82) is 0 Å². The van der Waals surface area contributed by atoms with E-state index in [1.54, 1.807) is 29.8 Å². The highest BCUT2D eigenvalue weighted by atomic mass is 32.2. The van der Waals surface area contributed by atoms with Crippen molar-refractivity contribution in [2.45, 2.75) is 31.9 Å². The van der Waals surface area contributed by atoms with E-state index in [2.05, 4.69) is 17.2 Å². The van der Waals surface area contributed by atoms with Crippen LogP contribution in [0, 0.1) is 6.92 Å². The van der Waals surface area contributed by atoms with Crippen LogP contribution in [0.1, 0.15) is 41.8 Å². The van der Waals surface area contributed by atoms with Crippen molar-refractivity contribution < 1.29 is 14.3 Å². The predicted octanol–water partition coefficient (Wildman–Crippen LogP) is 4.54. The largest absolute Gasteiger partial charge is 0.493 e. The number of aryl methyl sites for hydroxylation is 1. The summed E-state index contributed by atoms with van der Waals surface area (Å²) in [4.78, 5) is 17.0. The Labute approximate surface area is 186 Å². The second-order valence-corrected chi connectivity index (χ2v) is 8.36. The van der Waals surface area contributed by atoms with Crippen LogP contribution in [0.4, 0.5) is 5.82 Å². The maximum atomic E-state index is 12.6. The zero-order valence-electron chi connectivity index (χ0n) is 17.9. The van der Waals surface area contributed by atoms with E-state index in [9.17, 15) is 4.79 Å². The molecule has 31 heavy (non-hydrogen) atoms. The lowest BCUT2D eigenvalue weighted by atomic mass is 10.0. The average Bonchev–Trinajstić information content (AvgIpc) is 2.99. The van der Waals surface area contributed by atoms with Crippen molar-refractivity contribution in [3.05, 3.63) is 59.4 Å². The zero-order valence-corrected chi connectivity index (χ0v) is 18.7. The molecule has 8 heteroatoms. The normalized spacial score (nSPS) is 15.7. The molecule has 3 aromatic rings. The Balaban J connectivity index is 1.85. The molecule has 0 saturated carbocycles. The van der Waals surface area contributed by atoms with Crippen LogP contribution in [-0.2, 0) is 4.79 Å². The number of thioether (sulfide) groups is 1. The highest BCUT2D eigenvalue weighted by molar-refractivity contribution is 8.00. The molecular formula is C23H26N4O3S. The van der Waals surface area contributed by atoms with Gasteiger partial charge in [-0.15, -0.1) is 11.8 Å². The quantitative estimate of drug-likeness (QED) is 0.546. The van der Waals surface area contributed by atoms with Crippen molar-refractivity contribution in [3.63, 3.8) is 0 Å². The van der Waals surface area contributed by atoms with E-state index in [1.165, 1.54) is 0 Å². The number of para-hydroxylation sites is 1. The van der Waals surface area contributed by atoms with E-state index >= 15 is 0 Å². The number of benzene rings is 1. The molecule has 2 aromatic heterocycles. The summed E-state index contributed by atoms with van der Waals surface area (Å²) in [7, 11) is 1.65. The number of hydrogen-bond acceptors (Lipinski definition) is 6. The van der Waals surface area contributed by atoms with Gasteiger partial charge in [0.15, 0.2) is 17.3 Å². The molecule has 3 heterocycles. The fourth-order valence-corrected chi connectivity index (χ4v) is 4.85. The minimum Gasteiger partial charge on any atom is -0.493 e. The Kier molecular flexibility index (Phi) is 6.46. The number of nitrogens with zero attached hydrogens (tertiary/aromatic N) is 3. The maximum Gasteiger partial charge on any atom is 0.235 e. The first-order chi connectivity index (χ1) is 15.1. The SMILES string of the molecule is CCCCOc1c(OC)cccc1[C@H]1SCC(=O)Nc2c1c(C)nn2-c1ccccn1. The van der Waals surface area contributed by atoms with Crippen molar-refractivity contribution in [1.82, 2.24) is 14.8 Å². The Morgan fingerprint density at radius 1 is 1.26 bits per heavy atom. The molecule has 4 rings (SSSR count). The van der Waals surface area contributed by atoms with Gasteiger partial charge in [0.25, 0.3) is 0 Å². The third-order valence-electron chi connectivity index (χ3n) is 5.13. The summed E-state index contributed by atoms with van der Waals surface area (Å²) in [5, 5.41) is 7.61. The molecule has 0 saturated heterocycles. The molecule has 1 atom stereocenters. The summed E-state index contributed by atoms with van der Waals surface area (Å²) in [6.45, 7) is 4.70. The molecule has 1 amide bonds. The molecule has 0 unspecified atom stereocenters. The van der Waals surface area contributed by atoms with Crippen LogP contribution < -0.4 is 14.8 Å². The monoisotopic (exact) mass is 438 g/mol. The van der Waals surface area contributed by atoms with E-state index < -0.39 is 0 Å². The third kappa shape index (κ3) is 4.25. The number of rotatable bonds is 7. The Morgan fingerprint density at radius 3 is 2.87 bits per heavy atom. The number of anilines is 1. The van der Waals surface area contributed by atoms with Crippen LogP contribution >= 0.6 is 11.8 Å². The van der Waals surface area contributed by atoms with Gasteiger partial charge in [0.05, 0.1) is 30.4 Å². The number of pyridine rings is 1. The van der Waals surface area contributed by atoms with Crippen LogP contribution in [0.15, 0.2) is 42.6 Å². The number of carbonyl (C=O) groups excluding carboxylic acids is 1. The summed E-state index contributed by atoms with van der Waals surface area (Å²) in [5.74, 6) is 2.98. The first kappa shape index (κ1) is 21.2. The highest BCUT2D eigenvalue weighted by Crippen LogP contribution is 2.48. The number of amides is 1. The van der Waals surface area contributed by atoms with Crippen LogP contribution in [-0.4, -0.2) is 40.1 Å². The minimum atomic E-state index is -0.141. The van der Waals surface area contributed by atoms with Gasteiger partial charge in [-0.25, -0.2) is 4.98 Å². The van der Waals surface area contributed by atoms with Gasteiger partial charge in [-0.1, -0.05) is 31.5 Å². The minimum absolute atomic E-state index is 0.0674. The number of carbonyl (C=O) groups is 1. The molecule has 162 valence electrons. The standard InChI is InChI=1S/C23H26N4O3S/c1-4-5-13-30-21-16(9-8-10-17(21)29-3)22-20-15(2)26-27(18-11-6-7-12-24-18)23(20)25-19(28)14-31-22/h6-12,22H,4-5,13-14H2,1-3H3,(H,25,28)/t22-/m1/s1. The predicted molar refractivity (Wildman–Crippen MR) is 122 cm³/mol. The molecule has 0 bridgehead atoms. The summed E-state index contributed by atoms with van der Waals surface area (Å²) in [6, 6.07) is 11.5. The smallest absolute Gasteiger partial charge is 0.235 e. The van der Waals surface area contributed by atoms with Gasteiger partial charge in [-0.3, -0.25) is 4.79 Å². The summed E-state index contributed by atoms with van der Waals surface area (Å²) < 4.78 is 13.5. The summed E-state index contributed by atoms with van der Waals surface area (Å²) >= 11 is 1.56. The molecule has 1 N–H and O–H groups in total. The Hall–Kier alpha value is -3.00. The van der Waals surface area contributed by atoms with Gasteiger partial charge < -0.3 is 14.8 Å². The topological polar surface area (TPSA) is 78.3 Å². The number of unbranched alkanes of at least 4 members (excludes halogenated alkanes) is 1. The summed E-state index contributed by atoms with van der Waals surface area (Å²) in [5.41, 5.74) is 2.76. The van der Waals surface area contributed by atoms with Gasteiger partial charge >= 0.3 is 0 Å². The lowest BCUT2D eigenvalue weighted by Crippen LogP contribution is -2.16.